The molecule has 0 aliphatic rings. The Bertz CT molecular complexity index is 1200. The summed E-state index contributed by atoms with van der Waals surface area (Å²) in [6.45, 7) is 6.24. The Labute approximate surface area is 189 Å². The van der Waals surface area contributed by atoms with Crippen LogP contribution in [-0.2, 0) is 13.0 Å². The molecule has 160 valence electrons. The SMILES string of the molecule is CCNC(=O)c1cc2c(-c3cc(CNCCc4cccs4)ccc3C)nc(N)nc2s1. The van der Waals surface area contributed by atoms with Crippen LogP contribution in [0.25, 0.3) is 21.5 Å². The minimum absolute atomic E-state index is 0.101. The minimum atomic E-state index is -0.101. The van der Waals surface area contributed by atoms with Gasteiger partial charge in [0.05, 0.1) is 10.6 Å². The number of hydrogen-bond acceptors (Lipinski definition) is 7. The molecule has 0 atom stereocenters. The molecule has 0 fully saturated rings. The lowest BCUT2D eigenvalue weighted by Gasteiger charge is -2.11. The molecule has 4 rings (SSSR count). The second-order valence-electron chi connectivity index (χ2n) is 7.27. The van der Waals surface area contributed by atoms with Gasteiger partial charge in [-0.15, -0.1) is 22.7 Å². The first-order chi connectivity index (χ1) is 15.0. The van der Waals surface area contributed by atoms with Crippen LogP contribution in [0.5, 0.6) is 0 Å². The van der Waals surface area contributed by atoms with Gasteiger partial charge in [0, 0.05) is 35.5 Å². The minimum Gasteiger partial charge on any atom is -0.368 e. The predicted octanol–water partition coefficient (Wildman–Crippen LogP) is 4.39. The molecule has 0 spiro atoms. The lowest BCUT2D eigenvalue weighted by Crippen LogP contribution is -2.21. The van der Waals surface area contributed by atoms with Crippen molar-refractivity contribution in [1.29, 1.82) is 0 Å². The Morgan fingerprint density at radius 3 is 2.84 bits per heavy atom. The van der Waals surface area contributed by atoms with E-state index in [2.05, 4.69) is 63.2 Å². The number of fused-ring (bicyclic) bond motifs is 1. The summed E-state index contributed by atoms with van der Waals surface area (Å²) in [7, 11) is 0. The zero-order chi connectivity index (χ0) is 21.8. The molecule has 0 unspecified atom stereocenters. The highest BCUT2D eigenvalue weighted by atomic mass is 32.1. The molecule has 0 bridgehead atoms. The van der Waals surface area contributed by atoms with Crippen molar-refractivity contribution in [3.05, 3.63) is 62.7 Å². The van der Waals surface area contributed by atoms with Gasteiger partial charge in [0.25, 0.3) is 5.91 Å². The number of nitrogens with two attached hydrogens (primary N) is 1. The number of anilines is 1. The van der Waals surface area contributed by atoms with E-state index in [0.29, 0.717) is 11.4 Å². The van der Waals surface area contributed by atoms with Crippen molar-refractivity contribution < 1.29 is 4.79 Å². The van der Waals surface area contributed by atoms with Crippen LogP contribution in [0.1, 0.15) is 32.6 Å². The monoisotopic (exact) mass is 451 g/mol. The van der Waals surface area contributed by atoms with Crippen LogP contribution in [0, 0.1) is 6.92 Å². The number of nitrogen functional groups attached to an aromatic ring is 1. The molecule has 31 heavy (non-hydrogen) atoms. The standard InChI is InChI=1S/C23H25N5OS2/c1-3-26-21(29)19-12-18-20(27-23(24)28-22(18)31-19)17-11-15(7-6-14(17)2)13-25-9-8-16-5-4-10-30-16/h4-7,10-12,25H,3,8-9,13H2,1-2H3,(H,26,29)(H2,24,27,28). The van der Waals surface area contributed by atoms with E-state index in [4.69, 9.17) is 5.73 Å². The molecule has 0 saturated carbocycles. The molecular weight excluding hydrogens is 426 g/mol. The molecule has 4 N–H and O–H groups in total. The lowest BCUT2D eigenvalue weighted by molar-refractivity contribution is 0.0960. The highest BCUT2D eigenvalue weighted by Crippen LogP contribution is 2.34. The Hall–Kier alpha value is -2.81. The van der Waals surface area contributed by atoms with Crippen LogP contribution in [0.3, 0.4) is 0 Å². The van der Waals surface area contributed by atoms with E-state index in [1.807, 2.05) is 13.0 Å². The summed E-state index contributed by atoms with van der Waals surface area (Å²) in [5.74, 6) is 0.112. The third-order valence-corrected chi connectivity index (χ3v) is 6.95. The number of carbonyl (C=O) groups is 1. The average Bonchev–Trinajstić information content (AvgIpc) is 3.41. The number of carbonyl (C=O) groups excluding carboxylic acids is 1. The normalized spacial score (nSPS) is 11.2. The van der Waals surface area contributed by atoms with E-state index >= 15 is 0 Å². The number of rotatable bonds is 8. The second kappa shape index (κ2) is 9.55. The molecule has 4 aromatic rings. The van der Waals surface area contributed by atoms with Crippen molar-refractivity contribution in [2.75, 3.05) is 18.8 Å². The second-order valence-corrected chi connectivity index (χ2v) is 9.34. The number of aryl methyl sites for hydroxylation is 1. The highest BCUT2D eigenvalue weighted by molar-refractivity contribution is 7.20. The van der Waals surface area contributed by atoms with Crippen LogP contribution in [-0.4, -0.2) is 29.0 Å². The number of hydrogen-bond donors (Lipinski definition) is 3. The van der Waals surface area contributed by atoms with Crippen LogP contribution in [0.15, 0.2) is 41.8 Å². The van der Waals surface area contributed by atoms with Crippen LogP contribution < -0.4 is 16.4 Å². The van der Waals surface area contributed by atoms with Crippen molar-refractivity contribution in [1.82, 2.24) is 20.6 Å². The molecule has 0 radical (unpaired) electrons. The van der Waals surface area contributed by atoms with Crippen molar-refractivity contribution in [3.63, 3.8) is 0 Å². The fraction of sp³-hybridized carbons (Fsp3) is 0.261. The van der Waals surface area contributed by atoms with Gasteiger partial charge in [0.15, 0.2) is 0 Å². The van der Waals surface area contributed by atoms with Crippen molar-refractivity contribution in [2.24, 2.45) is 0 Å². The van der Waals surface area contributed by atoms with Gasteiger partial charge in [-0.2, -0.15) is 0 Å². The third kappa shape index (κ3) is 4.92. The first kappa shape index (κ1) is 21.4. The Kier molecular flexibility index (Phi) is 6.60. The average molecular weight is 452 g/mol. The van der Waals surface area contributed by atoms with E-state index < -0.39 is 0 Å². The van der Waals surface area contributed by atoms with Crippen molar-refractivity contribution in [2.45, 2.75) is 26.8 Å². The Morgan fingerprint density at radius 1 is 1.19 bits per heavy atom. The summed E-state index contributed by atoms with van der Waals surface area (Å²) in [4.78, 5) is 23.9. The summed E-state index contributed by atoms with van der Waals surface area (Å²) in [5.41, 5.74) is 10.1. The van der Waals surface area contributed by atoms with Gasteiger partial charge in [-0.25, -0.2) is 9.97 Å². The number of nitrogens with one attached hydrogen (secondary N) is 2. The molecule has 0 aliphatic carbocycles. The van der Waals surface area contributed by atoms with Gasteiger partial charge >= 0.3 is 0 Å². The maximum absolute atomic E-state index is 12.3. The first-order valence-corrected chi connectivity index (χ1v) is 11.9. The quantitative estimate of drug-likeness (QED) is 0.346. The summed E-state index contributed by atoms with van der Waals surface area (Å²) in [6, 6.07) is 12.5. The van der Waals surface area contributed by atoms with E-state index in [1.165, 1.54) is 21.8 Å². The largest absolute Gasteiger partial charge is 0.368 e. The molecule has 3 aromatic heterocycles. The zero-order valence-corrected chi connectivity index (χ0v) is 19.2. The Balaban J connectivity index is 1.60. The fourth-order valence-corrected chi connectivity index (χ4v) is 5.10. The number of benzene rings is 1. The maximum Gasteiger partial charge on any atom is 0.261 e. The summed E-state index contributed by atoms with van der Waals surface area (Å²) >= 11 is 3.13. The number of amides is 1. The molecule has 0 saturated heterocycles. The molecular formula is C23H25N5OS2. The smallest absolute Gasteiger partial charge is 0.261 e. The molecule has 8 heteroatoms. The fourth-order valence-electron chi connectivity index (χ4n) is 3.44. The van der Waals surface area contributed by atoms with Gasteiger partial charge in [0.1, 0.15) is 4.83 Å². The molecule has 3 heterocycles. The number of nitrogens with zero attached hydrogens (tertiary/aromatic N) is 2. The molecule has 1 aromatic carbocycles. The first-order valence-electron chi connectivity index (χ1n) is 10.2. The van der Waals surface area contributed by atoms with Gasteiger partial charge in [-0.05, 0) is 55.0 Å². The van der Waals surface area contributed by atoms with E-state index in [0.717, 1.165) is 46.5 Å². The Morgan fingerprint density at radius 2 is 2.06 bits per heavy atom. The number of thiophene rings is 2. The van der Waals surface area contributed by atoms with Gasteiger partial charge in [0.2, 0.25) is 5.95 Å². The van der Waals surface area contributed by atoms with Gasteiger partial charge in [-0.1, -0.05) is 18.2 Å². The van der Waals surface area contributed by atoms with E-state index in [1.54, 1.807) is 11.3 Å². The van der Waals surface area contributed by atoms with Crippen LogP contribution >= 0.6 is 22.7 Å². The summed E-state index contributed by atoms with van der Waals surface area (Å²) < 4.78 is 0. The van der Waals surface area contributed by atoms with E-state index in [-0.39, 0.29) is 11.9 Å². The third-order valence-electron chi connectivity index (χ3n) is 4.99. The van der Waals surface area contributed by atoms with E-state index in [9.17, 15) is 4.79 Å². The van der Waals surface area contributed by atoms with Crippen molar-refractivity contribution in [3.8, 4) is 11.3 Å². The maximum atomic E-state index is 12.3. The topological polar surface area (TPSA) is 92.9 Å². The highest BCUT2D eigenvalue weighted by Gasteiger charge is 2.17. The zero-order valence-electron chi connectivity index (χ0n) is 17.6. The van der Waals surface area contributed by atoms with Crippen LogP contribution in [0.2, 0.25) is 0 Å². The van der Waals surface area contributed by atoms with Gasteiger partial charge in [-0.3, -0.25) is 4.79 Å². The molecule has 1 amide bonds. The van der Waals surface area contributed by atoms with Gasteiger partial charge < -0.3 is 16.4 Å². The van der Waals surface area contributed by atoms with Crippen molar-refractivity contribution >= 4 is 44.7 Å². The molecule has 6 nitrogen and oxygen atoms in total. The van der Waals surface area contributed by atoms with Crippen LogP contribution in [0.4, 0.5) is 5.95 Å². The lowest BCUT2D eigenvalue weighted by atomic mass is 10.00. The molecule has 0 aliphatic heterocycles. The summed E-state index contributed by atoms with van der Waals surface area (Å²) in [5, 5.41) is 9.32. The summed E-state index contributed by atoms with van der Waals surface area (Å²) in [6.07, 6.45) is 1.02. The number of aromatic nitrogens is 2. The predicted molar refractivity (Wildman–Crippen MR) is 130 cm³/mol.